The van der Waals surface area contributed by atoms with Crippen LogP contribution in [-0.2, 0) is 6.54 Å². The van der Waals surface area contributed by atoms with Gasteiger partial charge in [-0.15, -0.1) is 0 Å². The van der Waals surface area contributed by atoms with Gasteiger partial charge in [0.15, 0.2) is 11.5 Å². The maximum absolute atomic E-state index is 5.60. The lowest BCUT2D eigenvalue weighted by molar-refractivity contribution is 0.171. The van der Waals surface area contributed by atoms with Crippen molar-refractivity contribution in [2.24, 2.45) is 0 Å². The normalized spacial score (nSPS) is 15.1. The maximum Gasteiger partial charge on any atom is 0.161 e. The third-order valence-corrected chi connectivity index (χ3v) is 3.45. The van der Waals surface area contributed by atoms with E-state index in [1.165, 1.54) is 5.56 Å². The van der Waals surface area contributed by atoms with Crippen molar-refractivity contribution in [3.63, 3.8) is 0 Å². The number of nitrogens with one attached hydrogen (secondary N) is 1. The molecule has 1 aliphatic rings. The molecular formula is C16H19NO3. The fraction of sp³-hybridized carbons (Fsp3) is 0.375. The van der Waals surface area contributed by atoms with Crippen LogP contribution in [0.2, 0.25) is 0 Å². The molecule has 1 aliphatic heterocycles. The summed E-state index contributed by atoms with van der Waals surface area (Å²) in [5.41, 5.74) is 1.18. The molecule has 1 unspecified atom stereocenters. The quantitative estimate of drug-likeness (QED) is 0.907. The van der Waals surface area contributed by atoms with E-state index in [0.29, 0.717) is 13.2 Å². The summed E-state index contributed by atoms with van der Waals surface area (Å²) in [5, 5.41) is 3.50. The lowest BCUT2D eigenvalue weighted by Crippen LogP contribution is -2.20. The van der Waals surface area contributed by atoms with Gasteiger partial charge in [-0.3, -0.25) is 0 Å². The van der Waals surface area contributed by atoms with Crippen molar-refractivity contribution in [1.29, 1.82) is 0 Å². The maximum atomic E-state index is 5.60. The predicted octanol–water partition coefficient (Wildman–Crippen LogP) is 3.29. The number of fused-ring (bicyclic) bond motifs is 1. The fourth-order valence-corrected chi connectivity index (χ4v) is 2.37. The number of ether oxygens (including phenoxy) is 2. The van der Waals surface area contributed by atoms with Gasteiger partial charge >= 0.3 is 0 Å². The van der Waals surface area contributed by atoms with Crippen LogP contribution in [0.15, 0.2) is 41.0 Å². The molecule has 0 aliphatic carbocycles. The highest BCUT2D eigenvalue weighted by Crippen LogP contribution is 2.31. The van der Waals surface area contributed by atoms with Crippen LogP contribution < -0.4 is 14.8 Å². The van der Waals surface area contributed by atoms with E-state index in [-0.39, 0.29) is 6.04 Å². The SMILES string of the molecule is CCC(NCc1ccc2c(c1)OCCO2)c1ccco1. The van der Waals surface area contributed by atoms with Gasteiger partial charge in [0.05, 0.1) is 12.3 Å². The molecule has 2 aromatic rings. The average Bonchev–Trinajstić information content (AvgIpc) is 3.02. The van der Waals surface area contributed by atoms with E-state index < -0.39 is 0 Å². The molecular weight excluding hydrogens is 254 g/mol. The first-order chi connectivity index (χ1) is 9.86. The van der Waals surface area contributed by atoms with Crippen LogP contribution in [0.5, 0.6) is 11.5 Å². The standard InChI is InChI=1S/C16H19NO3/c1-2-13(14-4-3-7-18-14)17-11-12-5-6-15-16(10-12)20-9-8-19-15/h3-7,10,13,17H,2,8-9,11H2,1H3. The Morgan fingerprint density at radius 3 is 2.75 bits per heavy atom. The Hall–Kier alpha value is -1.94. The van der Waals surface area contributed by atoms with Gasteiger partial charge in [-0.2, -0.15) is 0 Å². The number of hydrogen-bond donors (Lipinski definition) is 1. The highest BCUT2D eigenvalue weighted by atomic mass is 16.6. The summed E-state index contributed by atoms with van der Waals surface area (Å²) in [6.07, 6.45) is 2.70. The zero-order valence-corrected chi connectivity index (χ0v) is 11.6. The van der Waals surface area contributed by atoms with Gasteiger partial charge in [0.25, 0.3) is 0 Å². The molecule has 0 bridgehead atoms. The molecule has 1 N–H and O–H groups in total. The summed E-state index contributed by atoms with van der Waals surface area (Å²) < 4.78 is 16.6. The zero-order valence-electron chi connectivity index (χ0n) is 11.6. The van der Waals surface area contributed by atoms with Gasteiger partial charge in [0.2, 0.25) is 0 Å². The molecule has 0 radical (unpaired) electrons. The van der Waals surface area contributed by atoms with Crippen LogP contribution >= 0.6 is 0 Å². The molecule has 3 rings (SSSR count). The Labute approximate surface area is 118 Å². The second-order valence-corrected chi connectivity index (χ2v) is 4.84. The van der Waals surface area contributed by atoms with Crippen LogP contribution in [0, 0.1) is 0 Å². The average molecular weight is 273 g/mol. The van der Waals surface area contributed by atoms with Gasteiger partial charge in [0.1, 0.15) is 19.0 Å². The van der Waals surface area contributed by atoms with Crippen LogP contribution in [0.3, 0.4) is 0 Å². The van der Waals surface area contributed by atoms with Crippen molar-refractivity contribution in [3.8, 4) is 11.5 Å². The second kappa shape index (κ2) is 6.01. The summed E-state index contributed by atoms with van der Waals surface area (Å²) in [5.74, 6) is 2.64. The monoisotopic (exact) mass is 273 g/mol. The highest BCUT2D eigenvalue weighted by molar-refractivity contribution is 5.43. The minimum Gasteiger partial charge on any atom is -0.486 e. The molecule has 0 fully saturated rings. The molecule has 0 saturated heterocycles. The van der Waals surface area contributed by atoms with E-state index in [1.807, 2.05) is 24.3 Å². The molecule has 0 saturated carbocycles. The lowest BCUT2D eigenvalue weighted by atomic mass is 10.1. The largest absolute Gasteiger partial charge is 0.486 e. The van der Waals surface area contributed by atoms with Gasteiger partial charge in [-0.25, -0.2) is 0 Å². The molecule has 2 heterocycles. The zero-order chi connectivity index (χ0) is 13.8. The first-order valence-electron chi connectivity index (χ1n) is 7.02. The Balaban J connectivity index is 1.66. The van der Waals surface area contributed by atoms with Crippen molar-refractivity contribution in [1.82, 2.24) is 5.32 Å². The molecule has 20 heavy (non-hydrogen) atoms. The topological polar surface area (TPSA) is 43.6 Å². The van der Waals surface area contributed by atoms with Crippen LogP contribution in [0.4, 0.5) is 0 Å². The van der Waals surface area contributed by atoms with E-state index in [2.05, 4.69) is 18.3 Å². The third-order valence-electron chi connectivity index (χ3n) is 3.45. The Kier molecular flexibility index (Phi) is 3.92. The Morgan fingerprint density at radius 2 is 2.00 bits per heavy atom. The van der Waals surface area contributed by atoms with E-state index in [4.69, 9.17) is 13.9 Å². The smallest absolute Gasteiger partial charge is 0.161 e. The second-order valence-electron chi connectivity index (χ2n) is 4.84. The van der Waals surface area contributed by atoms with E-state index >= 15 is 0 Å². The third kappa shape index (κ3) is 2.80. The van der Waals surface area contributed by atoms with Gasteiger partial charge in [0, 0.05) is 6.54 Å². The van der Waals surface area contributed by atoms with Gasteiger partial charge in [-0.1, -0.05) is 13.0 Å². The van der Waals surface area contributed by atoms with Crippen molar-refractivity contribution in [3.05, 3.63) is 47.9 Å². The lowest BCUT2D eigenvalue weighted by Gasteiger charge is -2.20. The molecule has 1 aromatic heterocycles. The fourth-order valence-electron chi connectivity index (χ4n) is 2.37. The van der Waals surface area contributed by atoms with Crippen LogP contribution in [-0.4, -0.2) is 13.2 Å². The minimum atomic E-state index is 0.234. The highest BCUT2D eigenvalue weighted by Gasteiger charge is 2.14. The number of rotatable bonds is 5. The summed E-state index contributed by atoms with van der Waals surface area (Å²) in [6, 6.07) is 10.2. The summed E-state index contributed by atoms with van der Waals surface area (Å²) in [4.78, 5) is 0. The van der Waals surface area contributed by atoms with Crippen molar-refractivity contribution >= 4 is 0 Å². The Morgan fingerprint density at radius 1 is 1.15 bits per heavy atom. The molecule has 1 atom stereocenters. The van der Waals surface area contributed by atoms with E-state index in [9.17, 15) is 0 Å². The number of hydrogen-bond acceptors (Lipinski definition) is 4. The minimum absolute atomic E-state index is 0.234. The van der Waals surface area contributed by atoms with Crippen LogP contribution in [0.25, 0.3) is 0 Å². The summed E-state index contributed by atoms with van der Waals surface area (Å²) >= 11 is 0. The predicted molar refractivity (Wildman–Crippen MR) is 76.0 cm³/mol. The van der Waals surface area contributed by atoms with E-state index in [0.717, 1.165) is 30.2 Å². The molecule has 4 nitrogen and oxygen atoms in total. The first kappa shape index (κ1) is 13.1. The molecule has 0 spiro atoms. The van der Waals surface area contributed by atoms with Gasteiger partial charge < -0.3 is 19.2 Å². The first-order valence-corrected chi connectivity index (χ1v) is 7.02. The van der Waals surface area contributed by atoms with Gasteiger partial charge in [-0.05, 0) is 36.2 Å². The molecule has 1 aromatic carbocycles. The molecule has 4 heteroatoms. The van der Waals surface area contributed by atoms with Crippen molar-refractivity contribution < 1.29 is 13.9 Å². The van der Waals surface area contributed by atoms with E-state index in [1.54, 1.807) is 6.26 Å². The van der Waals surface area contributed by atoms with Crippen molar-refractivity contribution in [2.45, 2.75) is 25.9 Å². The number of furan rings is 1. The molecule has 106 valence electrons. The van der Waals surface area contributed by atoms with Crippen molar-refractivity contribution in [2.75, 3.05) is 13.2 Å². The summed E-state index contributed by atoms with van der Waals surface area (Å²) in [6.45, 7) is 4.16. The van der Waals surface area contributed by atoms with Crippen LogP contribution in [0.1, 0.15) is 30.7 Å². The molecule has 0 amide bonds. The summed E-state index contributed by atoms with van der Waals surface area (Å²) in [7, 11) is 0. The Bertz CT molecular complexity index is 551. The number of benzene rings is 1.